The summed E-state index contributed by atoms with van der Waals surface area (Å²) in [5.74, 6) is -0.340. The lowest BCUT2D eigenvalue weighted by molar-refractivity contribution is -0.122. The van der Waals surface area contributed by atoms with Gasteiger partial charge in [0.2, 0.25) is 21.8 Å². The van der Waals surface area contributed by atoms with E-state index in [-0.39, 0.29) is 35.8 Å². The molecule has 0 bridgehead atoms. The van der Waals surface area contributed by atoms with E-state index < -0.39 is 16.1 Å². The number of fused-ring (bicyclic) bond motifs is 1. The summed E-state index contributed by atoms with van der Waals surface area (Å²) in [6, 6.07) is 13.3. The molecule has 4 rings (SSSR count). The van der Waals surface area contributed by atoms with Crippen LogP contribution in [0.2, 0.25) is 0 Å². The zero-order chi connectivity index (χ0) is 24.1. The zero-order valence-electron chi connectivity index (χ0n) is 19.3. The Morgan fingerprint density at radius 1 is 1.09 bits per heavy atom. The van der Waals surface area contributed by atoms with Crippen LogP contribution >= 0.6 is 0 Å². The SMILES string of the molecule is CCC(=O)Nc1ccc(S(=O)(=O)N2CCc3ccccc3[C@H]2CC(=O)NC[C@H]2CCCO2)cc1. The molecule has 0 spiro atoms. The number of nitrogens with zero attached hydrogens (tertiary/aromatic N) is 1. The third-order valence-electron chi connectivity index (χ3n) is 6.36. The third kappa shape index (κ3) is 5.48. The van der Waals surface area contributed by atoms with Gasteiger partial charge in [-0.1, -0.05) is 31.2 Å². The second kappa shape index (κ2) is 10.7. The van der Waals surface area contributed by atoms with Crippen LogP contribution < -0.4 is 10.6 Å². The molecule has 2 heterocycles. The minimum atomic E-state index is -3.86. The highest BCUT2D eigenvalue weighted by molar-refractivity contribution is 7.89. The second-order valence-corrected chi connectivity index (χ2v) is 10.5. The highest BCUT2D eigenvalue weighted by atomic mass is 32.2. The van der Waals surface area contributed by atoms with Gasteiger partial charge in [-0.05, 0) is 54.7 Å². The number of carbonyl (C=O) groups is 2. The van der Waals surface area contributed by atoms with Crippen LogP contribution in [0.3, 0.4) is 0 Å². The Morgan fingerprint density at radius 2 is 1.85 bits per heavy atom. The van der Waals surface area contributed by atoms with E-state index in [0.29, 0.717) is 31.7 Å². The van der Waals surface area contributed by atoms with E-state index in [1.807, 2.05) is 24.3 Å². The molecule has 2 aromatic carbocycles. The van der Waals surface area contributed by atoms with Gasteiger partial charge in [0.15, 0.2) is 0 Å². The molecule has 2 aromatic rings. The van der Waals surface area contributed by atoms with Crippen LogP contribution in [0.25, 0.3) is 0 Å². The van der Waals surface area contributed by atoms with Crippen molar-refractivity contribution in [2.24, 2.45) is 0 Å². The van der Waals surface area contributed by atoms with E-state index >= 15 is 0 Å². The van der Waals surface area contributed by atoms with Crippen molar-refractivity contribution in [1.82, 2.24) is 9.62 Å². The van der Waals surface area contributed by atoms with E-state index in [0.717, 1.165) is 24.0 Å². The molecule has 9 heteroatoms. The summed E-state index contributed by atoms with van der Waals surface area (Å²) >= 11 is 0. The summed E-state index contributed by atoms with van der Waals surface area (Å²) in [7, 11) is -3.86. The Bertz CT molecular complexity index is 1130. The van der Waals surface area contributed by atoms with Gasteiger partial charge in [-0.2, -0.15) is 4.31 Å². The Kier molecular flexibility index (Phi) is 7.65. The molecule has 0 unspecified atom stereocenters. The fourth-order valence-corrected chi connectivity index (χ4v) is 6.11. The summed E-state index contributed by atoms with van der Waals surface area (Å²) in [5, 5.41) is 5.64. The largest absolute Gasteiger partial charge is 0.376 e. The molecule has 182 valence electrons. The highest BCUT2D eigenvalue weighted by Gasteiger charge is 2.37. The van der Waals surface area contributed by atoms with Crippen molar-refractivity contribution in [3.8, 4) is 0 Å². The summed E-state index contributed by atoms with van der Waals surface area (Å²) in [6.45, 7) is 3.19. The van der Waals surface area contributed by atoms with Crippen molar-refractivity contribution in [3.63, 3.8) is 0 Å². The van der Waals surface area contributed by atoms with Gasteiger partial charge in [-0.25, -0.2) is 8.42 Å². The number of hydrogen-bond acceptors (Lipinski definition) is 5. The van der Waals surface area contributed by atoms with Crippen LogP contribution in [0.4, 0.5) is 5.69 Å². The molecule has 0 radical (unpaired) electrons. The topological polar surface area (TPSA) is 105 Å². The van der Waals surface area contributed by atoms with Crippen molar-refractivity contribution in [3.05, 3.63) is 59.7 Å². The second-order valence-electron chi connectivity index (χ2n) is 8.65. The lowest BCUT2D eigenvalue weighted by atomic mass is 9.92. The number of benzene rings is 2. The smallest absolute Gasteiger partial charge is 0.243 e. The van der Waals surface area contributed by atoms with Gasteiger partial charge in [0.25, 0.3) is 0 Å². The predicted molar refractivity (Wildman–Crippen MR) is 129 cm³/mol. The Balaban J connectivity index is 1.55. The minimum Gasteiger partial charge on any atom is -0.376 e. The molecular formula is C25H31N3O5S. The fourth-order valence-electron chi connectivity index (χ4n) is 4.50. The summed E-state index contributed by atoms with van der Waals surface area (Å²) in [5.41, 5.74) is 2.46. The molecule has 0 saturated carbocycles. The van der Waals surface area contributed by atoms with Gasteiger partial charge >= 0.3 is 0 Å². The normalized spacial score (nSPS) is 20.5. The van der Waals surface area contributed by atoms with Gasteiger partial charge in [0, 0.05) is 38.2 Å². The maximum absolute atomic E-state index is 13.6. The Labute approximate surface area is 200 Å². The molecule has 2 N–H and O–H groups in total. The summed E-state index contributed by atoms with van der Waals surface area (Å²) < 4.78 is 34.3. The molecule has 1 fully saturated rings. The van der Waals surface area contributed by atoms with Gasteiger partial charge in [0.1, 0.15) is 0 Å². The van der Waals surface area contributed by atoms with Crippen LogP contribution in [0.15, 0.2) is 53.4 Å². The molecule has 2 aliphatic heterocycles. The molecular weight excluding hydrogens is 454 g/mol. The summed E-state index contributed by atoms with van der Waals surface area (Å²) in [4.78, 5) is 24.6. The monoisotopic (exact) mass is 485 g/mol. The lowest BCUT2D eigenvalue weighted by Gasteiger charge is -2.36. The maximum Gasteiger partial charge on any atom is 0.243 e. The van der Waals surface area contributed by atoms with Crippen molar-refractivity contribution in [2.75, 3.05) is 25.0 Å². The first-order valence-electron chi connectivity index (χ1n) is 11.8. The van der Waals surface area contributed by atoms with E-state index in [1.165, 1.54) is 16.4 Å². The quantitative estimate of drug-likeness (QED) is 0.598. The van der Waals surface area contributed by atoms with Crippen LogP contribution in [0.1, 0.15) is 49.8 Å². The average Bonchev–Trinajstić information content (AvgIpc) is 3.37. The average molecular weight is 486 g/mol. The van der Waals surface area contributed by atoms with E-state index in [4.69, 9.17) is 4.74 Å². The van der Waals surface area contributed by atoms with Crippen molar-refractivity contribution in [1.29, 1.82) is 0 Å². The van der Waals surface area contributed by atoms with Gasteiger partial charge in [-0.15, -0.1) is 0 Å². The first-order chi connectivity index (χ1) is 16.4. The van der Waals surface area contributed by atoms with Crippen LogP contribution in [-0.2, 0) is 30.8 Å². The molecule has 8 nitrogen and oxygen atoms in total. The molecule has 0 aromatic heterocycles. The Morgan fingerprint density at radius 3 is 2.56 bits per heavy atom. The van der Waals surface area contributed by atoms with Crippen molar-refractivity contribution < 1.29 is 22.7 Å². The predicted octanol–water partition coefficient (Wildman–Crippen LogP) is 3.01. The number of rotatable bonds is 8. The fraction of sp³-hybridized carbons (Fsp3) is 0.440. The summed E-state index contributed by atoms with van der Waals surface area (Å²) in [6.07, 6.45) is 2.88. The zero-order valence-corrected chi connectivity index (χ0v) is 20.1. The molecule has 2 atom stereocenters. The highest BCUT2D eigenvalue weighted by Crippen LogP contribution is 2.36. The van der Waals surface area contributed by atoms with Crippen LogP contribution in [-0.4, -0.2) is 50.3 Å². The number of sulfonamides is 1. The lowest BCUT2D eigenvalue weighted by Crippen LogP contribution is -2.42. The number of amides is 2. The molecule has 34 heavy (non-hydrogen) atoms. The van der Waals surface area contributed by atoms with Gasteiger partial charge < -0.3 is 15.4 Å². The van der Waals surface area contributed by atoms with Gasteiger partial charge in [-0.3, -0.25) is 9.59 Å². The van der Waals surface area contributed by atoms with Crippen molar-refractivity contribution >= 4 is 27.5 Å². The standard InChI is InChI=1S/C25H31N3O5S/c1-2-24(29)27-19-9-11-21(12-10-19)34(31,32)28-14-13-18-6-3-4-8-22(18)23(28)16-25(30)26-17-20-7-5-15-33-20/h3-4,6,8-12,20,23H,2,5,7,13-17H2,1H3,(H,26,30)(H,27,29)/t20-,23-/m1/s1. The van der Waals surface area contributed by atoms with E-state index in [2.05, 4.69) is 10.6 Å². The number of carbonyl (C=O) groups excluding carboxylic acids is 2. The molecule has 2 amide bonds. The molecule has 1 saturated heterocycles. The Hall–Kier alpha value is -2.75. The van der Waals surface area contributed by atoms with Crippen LogP contribution in [0.5, 0.6) is 0 Å². The van der Waals surface area contributed by atoms with Crippen LogP contribution in [0, 0.1) is 0 Å². The van der Waals surface area contributed by atoms with E-state index in [9.17, 15) is 18.0 Å². The number of nitrogens with one attached hydrogen (secondary N) is 2. The minimum absolute atomic E-state index is 0.0224. The molecule has 0 aliphatic carbocycles. The van der Waals surface area contributed by atoms with Crippen molar-refractivity contribution in [2.45, 2.75) is 56.1 Å². The maximum atomic E-state index is 13.6. The number of ether oxygens (including phenoxy) is 1. The van der Waals surface area contributed by atoms with E-state index in [1.54, 1.807) is 19.1 Å². The first-order valence-corrected chi connectivity index (χ1v) is 13.2. The third-order valence-corrected chi connectivity index (χ3v) is 8.28. The number of hydrogen-bond donors (Lipinski definition) is 2. The molecule has 2 aliphatic rings. The first kappa shape index (κ1) is 24.4. The number of anilines is 1. The van der Waals surface area contributed by atoms with Gasteiger partial charge in [0.05, 0.1) is 17.0 Å².